The van der Waals surface area contributed by atoms with Gasteiger partial charge in [0.1, 0.15) is 23.8 Å². The van der Waals surface area contributed by atoms with Gasteiger partial charge in [-0.15, -0.1) is 0 Å². The molecule has 2 fully saturated rings. The second kappa shape index (κ2) is 11.4. The van der Waals surface area contributed by atoms with E-state index in [1.165, 1.54) is 0 Å². The third-order valence-corrected chi connectivity index (χ3v) is 6.80. The van der Waals surface area contributed by atoms with E-state index in [4.69, 9.17) is 14.2 Å². The van der Waals surface area contributed by atoms with Crippen LogP contribution in [-0.2, 0) is 9.59 Å². The molecule has 2 heterocycles. The minimum Gasteiger partial charge on any atom is -0.496 e. The second-order valence-corrected chi connectivity index (χ2v) is 9.23. The number of anilines is 2. The Bertz CT molecular complexity index is 1170. The fourth-order valence-electron chi connectivity index (χ4n) is 4.15. The van der Waals surface area contributed by atoms with Gasteiger partial charge in [0.2, 0.25) is 5.91 Å². The van der Waals surface area contributed by atoms with Gasteiger partial charge < -0.3 is 24.4 Å². The fraction of sp³-hybridized carbons (Fsp3) is 0.346. The average Bonchev–Trinajstić information content (AvgIpc) is 3.50. The molecule has 2 saturated heterocycles. The maximum Gasteiger partial charge on any atom is 0.294 e. The Hall–Kier alpha value is -3.66. The molecule has 0 saturated carbocycles. The average molecular weight is 512 g/mol. The Kier molecular flexibility index (Phi) is 8.04. The smallest absolute Gasteiger partial charge is 0.294 e. The Morgan fingerprint density at radius 1 is 1.06 bits per heavy atom. The Labute approximate surface area is 214 Å². The van der Waals surface area contributed by atoms with Crippen LogP contribution in [-0.4, -0.2) is 62.4 Å². The minimum absolute atomic E-state index is 0.211. The number of hydrogen-bond donors (Lipinski definition) is 1. The summed E-state index contributed by atoms with van der Waals surface area (Å²) in [5.74, 6) is 0.913. The van der Waals surface area contributed by atoms with Crippen LogP contribution in [0.1, 0.15) is 25.3 Å². The third-order valence-electron chi connectivity index (χ3n) is 5.89. The molecule has 36 heavy (non-hydrogen) atoms. The van der Waals surface area contributed by atoms with Crippen LogP contribution in [0.25, 0.3) is 6.08 Å². The van der Waals surface area contributed by atoms with E-state index in [2.05, 4.69) is 10.2 Å². The quantitative estimate of drug-likeness (QED) is 0.496. The van der Waals surface area contributed by atoms with Crippen molar-refractivity contribution in [3.63, 3.8) is 0 Å². The monoisotopic (exact) mass is 511 g/mol. The van der Waals surface area contributed by atoms with Crippen molar-refractivity contribution in [3.8, 4) is 17.2 Å². The molecule has 0 spiro atoms. The van der Waals surface area contributed by atoms with Gasteiger partial charge in [-0.1, -0.05) is 0 Å². The van der Waals surface area contributed by atoms with Crippen molar-refractivity contribution in [1.29, 1.82) is 0 Å². The molecule has 2 aromatic carbocycles. The van der Waals surface area contributed by atoms with Crippen LogP contribution >= 0.6 is 11.8 Å². The molecule has 3 amide bonds. The number of nitrogens with zero attached hydrogens (tertiary/aromatic N) is 2. The molecule has 0 radical (unpaired) electrons. The maximum atomic E-state index is 13.0. The number of benzene rings is 2. The highest BCUT2D eigenvalue weighted by Crippen LogP contribution is 2.40. The molecule has 0 bridgehead atoms. The number of methoxy groups -OCH3 is 2. The lowest BCUT2D eigenvalue weighted by molar-refractivity contribution is -0.127. The molecule has 9 nitrogen and oxygen atoms in total. The molecule has 1 N–H and O–H groups in total. The molecule has 0 atom stereocenters. The van der Waals surface area contributed by atoms with Crippen LogP contribution < -0.4 is 24.4 Å². The van der Waals surface area contributed by atoms with Crippen molar-refractivity contribution in [3.05, 3.63) is 46.9 Å². The lowest BCUT2D eigenvalue weighted by Gasteiger charge is -2.22. The number of amides is 3. The first-order valence-electron chi connectivity index (χ1n) is 11.7. The van der Waals surface area contributed by atoms with Crippen LogP contribution in [0.5, 0.6) is 17.2 Å². The summed E-state index contributed by atoms with van der Waals surface area (Å²) in [7, 11) is 3.16. The normalized spacial score (nSPS) is 16.6. The Balaban J connectivity index is 1.49. The number of carbonyl (C=O) groups is 3. The van der Waals surface area contributed by atoms with Gasteiger partial charge in [-0.05, 0) is 67.9 Å². The summed E-state index contributed by atoms with van der Waals surface area (Å²) in [5, 5.41) is 2.19. The second-order valence-electron chi connectivity index (χ2n) is 8.23. The summed E-state index contributed by atoms with van der Waals surface area (Å²) in [6.45, 7) is 3.92. The molecule has 2 aliphatic rings. The number of carbonyl (C=O) groups excluding carboxylic acids is 3. The van der Waals surface area contributed by atoms with E-state index in [-0.39, 0.29) is 11.4 Å². The van der Waals surface area contributed by atoms with Gasteiger partial charge in [0, 0.05) is 30.4 Å². The van der Waals surface area contributed by atoms with Gasteiger partial charge in [0.15, 0.2) is 0 Å². The molecule has 0 aromatic heterocycles. The van der Waals surface area contributed by atoms with Crippen molar-refractivity contribution >= 4 is 46.3 Å². The summed E-state index contributed by atoms with van der Waals surface area (Å²) in [6, 6.07) is 10.6. The molecular formula is C26H29N3O6S. The molecule has 2 aliphatic heterocycles. The topological polar surface area (TPSA) is 97.4 Å². The number of ether oxygens (including phenoxy) is 3. The van der Waals surface area contributed by atoms with Gasteiger partial charge in [0.25, 0.3) is 11.1 Å². The van der Waals surface area contributed by atoms with Gasteiger partial charge in [0.05, 0.1) is 31.4 Å². The molecular weight excluding hydrogens is 482 g/mol. The van der Waals surface area contributed by atoms with E-state index < -0.39 is 17.1 Å². The molecule has 0 aliphatic carbocycles. The van der Waals surface area contributed by atoms with Gasteiger partial charge in [-0.2, -0.15) is 0 Å². The lowest BCUT2D eigenvalue weighted by atomic mass is 10.1. The summed E-state index contributed by atoms with van der Waals surface area (Å²) in [4.78, 5) is 41.5. The highest BCUT2D eigenvalue weighted by Gasteiger charge is 2.36. The van der Waals surface area contributed by atoms with Gasteiger partial charge >= 0.3 is 0 Å². The highest BCUT2D eigenvalue weighted by molar-refractivity contribution is 8.18. The summed E-state index contributed by atoms with van der Waals surface area (Å²) < 4.78 is 16.6. The minimum atomic E-state index is -0.531. The van der Waals surface area contributed by atoms with Crippen molar-refractivity contribution < 1.29 is 28.6 Å². The molecule has 4 rings (SSSR count). The van der Waals surface area contributed by atoms with Gasteiger partial charge in [-0.25, -0.2) is 0 Å². The number of rotatable bonds is 9. The number of imide groups is 1. The van der Waals surface area contributed by atoms with Crippen molar-refractivity contribution in [2.75, 3.05) is 50.7 Å². The zero-order chi connectivity index (χ0) is 25.7. The van der Waals surface area contributed by atoms with Crippen LogP contribution in [0.15, 0.2) is 41.3 Å². The predicted molar refractivity (Wildman–Crippen MR) is 140 cm³/mol. The van der Waals surface area contributed by atoms with Crippen molar-refractivity contribution in [1.82, 2.24) is 4.90 Å². The van der Waals surface area contributed by atoms with Crippen LogP contribution in [0.4, 0.5) is 16.2 Å². The zero-order valence-corrected chi connectivity index (χ0v) is 21.4. The largest absolute Gasteiger partial charge is 0.496 e. The van der Waals surface area contributed by atoms with E-state index in [1.807, 2.05) is 13.0 Å². The summed E-state index contributed by atoms with van der Waals surface area (Å²) in [6.07, 6.45) is 3.84. The highest BCUT2D eigenvalue weighted by atomic mass is 32.2. The van der Waals surface area contributed by atoms with Crippen molar-refractivity contribution in [2.45, 2.75) is 19.8 Å². The van der Waals surface area contributed by atoms with Crippen LogP contribution in [0.2, 0.25) is 0 Å². The fourth-order valence-corrected chi connectivity index (χ4v) is 4.98. The number of hydrogen-bond acceptors (Lipinski definition) is 8. The standard InChI is InChI=1S/C26H29N3O6S/c1-4-35-19-9-7-18(8-10-19)27-24(30)16-29-25(31)23(36-26(29)32)14-17-13-22(34-3)20(15-21(17)33-2)28-11-5-6-12-28/h7-10,13-15H,4-6,11-12,16H2,1-3H3,(H,27,30)/b23-14+. The number of nitrogens with one attached hydrogen (secondary N) is 1. The molecule has 10 heteroatoms. The molecule has 2 aromatic rings. The van der Waals surface area contributed by atoms with Crippen molar-refractivity contribution in [2.24, 2.45) is 0 Å². The SMILES string of the molecule is CCOc1ccc(NC(=O)CN2C(=O)S/C(=C/c3cc(OC)c(N4CCCC4)cc3OC)C2=O)cc1. The Morgan fingerprint density at radius 2 is 1.75 bits per heavy atom. The summed E-state index contributed by atoms with van der Waals surface area (Å²) in [5.41, 5.74) is 2.09. The van der Waals surface area contributed by atoms with E-state index in [0.717, 1.165) is 48.3 Å². The van der Waals surface area contributed by atoms with Crippen LogP contribution in [0.3, 0.4) is 0 Å². The molecule has 0 unspecified atom stereocenters. The van der Waals surface area contributed by atoms with Crippen LogP contribution in [0, 0.1) is 0 Å². The first-order chi connectivity index (χ1) is 17.4. The number of thioether (sulfide) groups is 1. The zero-order valence-electron chi connectivity index (χ0n) is 20.5. The molecule has 190 valence electrons. The summed E-state index contributed by atoms with van der Waals surface area (Å²) >= 11 is 0.790. The predicted octanol–water partition coefficient (Wildman–Crippen LogP) is 4.38. The first kappa shape index (κ1) is 25.4. The van der Waals surface area contributed by atoms with E-state index >= 15 is 0 Å². The Morgan fingerprint density at radius 3 is 2.39 bits per heavy atom. The van der Waals surface area contributed by atoms with E-state index in [9.17, 15) is 14.4 Å². The lowest BCUT2D eigenvalue weighted by Crippen LogP contribution is -2.36. The van der Waals surface area contributed by atoms with E-state index in [1.54, 1.807) is 50.6 Å². The van der Waals surface area contributed by atoms with Gasteiger partial charge in [-0.3, -0.25) is 19.3 Å². The first-order valence-corrected chi connectivity index (χ1v) is 12.5. The maximum absolute atomic E-state index is 13.0. The van der Waals surface area contributed by atoms with E-state index in [0.29, 0.717) is 35.1 Å². The third kappa shape index (κ3) is 5.59.